The monoisotopic (exact) mass is 240 g/mol. The highest BCUT2D eigenvalue weighted by molar-refractivity contribution is 7.99. The minimum absolute atomic E-state index is 0.232. The first-order valence-electron chi connectivity index (χ1n) is 5.23. The molecule has 0 aromatic carbocycles. The second kappa shape index (κ2) is 5.30. The zero-order valence-electron chi connectivity index (χ0n) is 9.94. The maximum atomic E-state index is 11.1. The van der Waals surface area contributed by atoms with Crippen LogP contribution in [0.1, 0.15) is 42.6 Å². The molecule has 5 heteroatoms. The van der Waals surface area contributed by atoms with Crippen molar-refractivity contribution >= 4 is 17.7 Å². The van der Waals surface area contributed by atoms with E-state index in [-0.39, 0.29) is 5.56 Å². The van der Waals surface area contributed by atoms with Crippen LogP contribution in [0.4, 0.5) is 0 Å². The zero-order chi connectivity index (χ0) is 12.3. The van der Waals surface area contributed by atoms with Crippen LogP contribution in [0, 0.1) is 6.92 Å². The van der Waals surface area contributed by atoms with E-state index in [1.807, 2.05) is 20.8 Å². The SMILES string of the molecule is CCc1nc(C)c(C(=O)O)c(SC(C)C)n1. The summed E-state index contributed by atoms with van der Waals surface area (Å²) >= 11 is 1.47. The number of aromatic nitrogens is 2. The highest BCUT2D eigenvalue weighted by atomic mass is 32.2. The minimum atomic E-state index is -0.955. The molecular formula is C11H16N2O2S. The van der Waals surface area contributed by atoms with Gasteiger partial charge in [-0.1, -0.05) is 20.8 Å². The van der Waals surface area contributed by atoms with Crippen LogP contribution in [-0.2, 0) is 6.42 Å². The molecule has 0 fully saturated rings. The van der Waals surface area contributed by atoms with Crippen molar-refractivity contribution in [3.05, 3.63) is 17.1 Å². The molecule has 1 N–H and O–H groups in total. The summed E-state index contributed by atoms with van der Waals surface area (Å²) < 4.78 is 0. The van der Waals surface area contributed by atoms with E-state index in [9.17, 15) is 4.79 Å². The highest BCUT2D eigenvalue weighted by Gasteiger charge is 2.18. The fraction of sp³-hybridized carbons (Fsp3) is 0.545. The lowest BCUT2D eigenvalue weighted by Crippen LogP contribution is -2.10. The molecule has 0 bridgehead atoms. The lowest BCUT2D eigenvalue weighted by molar-refractivity contribution is 0.0690. The molecule has 88 valence electrons. The van der Waals surface area contributed by atoms with Crippen LogP contribution in [0.2, 0.25) is 0 Å². The Morgan fingerprint density at radius 1 is 1.44 bits per heavy atom. The summed E-state index contributed by atoms with van der Waals surface area (Å²) in [7, 11) is 0. The van der Waals surface area contributed by atoms with E-state index in [4.69, 9.17) is 5.11 Å². The highest BCUT2D eigenvalue weighted by Crippen LogP contribution is 2.26. The van der Waals surface area contributed by atoms with E-state index in [0.29, 0.717) is 28.2 Å². The lowest BCUT2D eigenvalue weighted by atomic mass is 10.2. The average molecular weight is 240 g/mol. The molecule has 0 amide bonds. The van der Waals surface area contributed by atoms with Gasteiger partial charge in [-0.2, -0.15) is 0 Å². The predicted octanol–water partition coefficient (Wildman–Crippen LogP) is 2.55. The van der Waals surface area contributed by atoms with Crippen molar-refractivity contribution in [3.8, 4) is 0 Å². The Morgan fingerprint density at radius 3 is 2.50 bits per heavy atom. The summed E-state index contributed by atoms with van der Waals surface area (Å²) in [4.78, 5) is 19.6. The Hall–Kier alpha value is -1.10. The fourth-order valence-corrected chi connectivity index (χ4v) is 2.27. The molecule has 0 aliphatic rings. The molecule has 4 nitrogen and oxygen atoms in total. The Labute approximate surface area is 99.5 Å². The molecule has 0 saturated carbocycles. The summed E-state index contributed by atoms with van der Waals surface area (Å²) in [5.74, 6) is -0.256. The van der Waals surface area contributed by atoms with Gasteiger partial charge in [-0.3, -0.25) is 0 Å². The van der Waals surface area contributed by atoms with Crippen LogP contribution < -0.4 is 0 Å². The number of carboxylic acid groups (broad SMARTS) is 1. The molecule has 0 atom stereocenters. The third-order valence-corrected chi connectivity index (χ3v) is 2.97. The number of hydrogen-bond donors (Lipinski definition) is 1. The second-order valence-electron chi connectivity index (χ2n) is 3.73. The van der Waals surface area contributed by atoms with Crippen molar-refractivity contribution in [1.29, 1.82) is 0 Å². The van der Waals surface area contributed by atoms with E-state index >= 15 is 0 Å². The largest absolute Gasteiger partial charge is 0.478 e. The van der Waals surface area contributed by atoms with Gasteiger partial charge in [0.2, 0.25) is 0 Å². The Morgan fingerprint density at radius 2 is 2.06 bits per heavy atom. The lowest BCUT2D eigenvalue weighted by Gasteiger charge is -2.10. The molecule has 0 unspecified atom stereocenters. The summed E-state index contributed by atoms with van der Waals surface area (Å²) in [5.41, 5.74) is 0.776. The number of carboxylic acids is 1. The number of hydrogen-bond acceptors (Lipinski definition) is 4. The number of aryl methyl sites for hydroxylation is 2. The maximum Gasteiger partial charge on any atom is 0.340 e. The van der Waals surface area contributed by atoms with Crippen molar-refractivity contribution in [1.82, 2.24) is 9.97 Å². The van der Waals surface area contributed by atoms with Gasteiger partial charge in [0.05, 0.1) is 5.69 Å². The minimum Gasteiger partial charge on any atom is -0.478 e. The number of thioether (sulfide) groups is 1. The van der Waals surface area contributed by atoms with Gasteiger partial charge in [0.25, 0.3) is 0 Å². The Kier molecular flexibility index (Phi) is 4.29. The summed E-state index contributed by atoms with van der Waals surface area (Å²) in [6.07, 6.45) is 0.715. The van der Waals surface area contributed by atoms with Gasteiger partial charge in [-0.15, -0.1) is 11.8 Å². The third-order valence-electron chi connectivity index (χ3n) is 1.98. The van der Waals surface area contributed by atoms with E-state index in [2.05, 4.69) is 9.97 Å². The summed E-state index contributed by atoms with van der Waals surface area (Å²) in [6.45, 7) is 7.70. The van der Waals surface area contributed by atoms with Crippen molar-refractivity contribution in [3.63, 3.8) is 0 Å². The first kappa shape index (κ1) is 13.0. The van der Waals surface area contributed by atoms with Crippen molar-refractivity contribution in [2.24, 2.45) is 0 Å². The maximum absolute atomic E-state index is 11.1. The van der Waals surface area contributed by atoms with E-state index in [1.165, 1.54) is 11.8 Å². The fourth-order valence-electron chi connectivity index (χ4n) is 1.32. The molecule has 1 rings (SSSR count). The third kappa shape index (κ3) is 2.95. The number of carbonyl (C=O) groups is 1. The molecule has 0 radical (unpaired) electrons. The first-order valence-corrected chi connectivity index (χ1v) is 6.11. The van der Waals surface area contributed by atoms with E-state index < -0.39 is 5.97 Å². The Balaban J connectivity index is 3.28. The zero-order valence-corrected chi connectivity index (χ0v) is 10.8. The van der Waals surface area contributed by atoms with Gasteiger partial charge in [0.1, 0.15) is 16.4 Å². The van der Waals surface area contributed by atoms with Gasteiger partial charge in [-0.25, -0.2) is 14.8 Å². The van der Waals surface area contributed by atoms with Crippen LogP contribution in [0.25, 0.3) is 0 Å². The molecule has 0 spiro atoms. The van der Waals surface area contributed by atoms with Crippen molar-refractivity contribution in [2.45, 2.75) is 44.4 Å². The van der Waals surface area contributed by atoms with Crippen molar-refractivity contribution < 1.29 is 9.90 Å². The quantitative estimate of drug-likeness (QED) is 0.647. The number of aromatic carboxylic acids is 1. The van der Waals surface area contributed by atoms with Gasteiger partial charge in [-0.05, 0) is 6.92 Å². The molecule has 16 heavy (non-hydrogen) atoms. The van der Waals surface area contributed by atoms with Gasteiger partial charge in [0.15, 0.2) is 0 Å². The Bertz CT molecular complexity index is 405. The van der Waals surface area contributed by atoms with Crippen LogP contribution in [0.5, 0.6) is 0 Å². The molecule has 0 aliphatic heterocycles. The van der Waals surface area contributed by atoms with Crippen LogP contribution in [0.3, 0.4) is 0 Å². The van der Waals surface area contributed by atoms with Crippen LogP contribution in [-0.4, -0.2) is 26.3 Å². The summed E-state index contributed by atoms with van der Waals surface area (Å²) in [6, 6.07) is 0. The van der Waals surface area contributed by atoms with Gasteiger partial charge in [0, 0.05) is 11.7 Å². The molecule has 0 aliphatic carbocycles. The molecule has 1 aromatic heterocycles. The van der Waals surface area contributed by atoms with Crippen LogP contribution in [0.15, 0.2) is 5.03 Å². The topological polar surface area (TPSA) is 63.1 Å². The van der Waals surface area contributed by atoms with E-state index in [1.54, 1.807) is 6.92 Å². The van der Waals surface area contributed by atoms with Gasteiger partial charge < -0.3 is 5.11 Å². The van der Waals surface area contributed by atoms with Gasteiger partial charge >= 0.3 is 5.97 Å². The molecule has 1 aromatic rings. The first-order chi connectivity index (χ1) is 7.45. The second-order valence-corrected chi connectivity index (χ2v) is 5.30. The molecular weight excluding hydrogens is 224 g/mol. The predicted molar refractivity (Wildman–Crippen MR) is 64.1 cm³/mol. The average Bonchev–Trinajstić information content (AvgIpc) is 2.14. The normalized spacial score (nSPS) is 10.8. The smallest absolute Gasteiger partial charge is 0.340 e. The molecule has 0 saturated heterocycles. The molecule has 1 heterocycles. The number of rotatable bonds is 4. The van der Waals surface area contributed by atoms with E-state index in [0.717, 1.165) is 0 Å². The summed E-state index contributed by atoms with van der Waals surface area (Å²) in [5, 5.41) is 10.0. The number of nitrogens with zero attached hydrogens (tertiary/aromatic N) is 2. The standard InChI is InChI=1S/C11H16N2O2S/c1-5-8-12-7(4)9(11(14)15)10(13-8)16-6(2)3/h6H,5H2,1-4H3,(H,14,15). The van der Waals surface area contributed by atoms with Crippen molar-refractivity contribution in [2.75, 3.05) is 0 Å². The van der Waals surface area contributed by atoms with Crippen LogP contribution >= 0.6 is 11.8 Å².